The molecule has 6 nitrogen and oxygen atoms in total. The lowest BCUT2D eigenvalue weighted by atomic mass is 10.1. The van der Waals surface area contributed by atoms with Gasteiger partial charge in [0.1, 0.15) is 11.4 Å². The lowest BCUT2D eigenvalue weighted by Gasteiger charge is -2.19. The smallest absolute Gasteiger partial charge is 0.243 e. The van der Waals surface area contributed by atoms with Crippen LogP contribution in [0.4, 0.5) is 11.4 Å². The van der Waals surface area contributed by atoms with E-state index in [4.69, 9.17) is 0 Å². The summed E-state index contributed by atoms with van der Waals surface area (Å²) in [6, 6.07) is 21.4. The van der Waals surface area contributed by atoms with Gasteiger partial charge in [-0.25, -0.2) is 8.42 Å². The Labute approximate surface area is 182 Å². The zero-order chi connectivity index (χ0) is 21.7. The van der Waals surface area contributed by atoms with Crippen molar-refractivity contribution >= 4 is 21.4 Å². The van der Waals surface area contributed by atoms with Crippen molar-refractivity contribution in [1.82, 2.24) is 4.31 Å². The van der Waals surface area contributed by atoms with E-state index in [1.807, 2.05) is 36.4 Å². The number of phenols is 1. The summed E-state index contributed by atoms with van der Waals surface area (Å²) in [5.41, 5.74) is 2.80. The minimum absolute atomic E-state index is 0.0313. The van der Waals surface area contributed by atoms with Crippen molar-refractivity contribution in [2.75, 3.05) is 13.1 Å². The van der Waals surface area contributed by atoms with Crippen LogP contribution in [0.2, 0.25) is 0 Å². The van der Waals surface area contributed by atoms with Crippen LogP contribution in [0.15, 0.2) is 87.9 Å². The summed E-state index contributed by atoms with van der Waals surface area (Å²) in [4.78, 5) is 0.266. The monoisotopic (exact) mass is 435 g/mol. The van der Waals surface area contributed by atoms with E-state index in [0.29, 0.717) is 24.5 Å². The third kappa shape index (κ3) is 5.00. The van der Waals surface area contributed by atoms with Gasteiger partial charge in [-0.3, -0.25) is 0 Å². The highest BCUT2D eigenvalue weighted by Crippen LogP contribution is 2.33. The molecule has 0 radical (unpaired) electrons. The number of sulfonamides is 1. The molecule has 0 unspecified atom stereocenters. The quantitative estimate of drug-likeness (QED) is 0.496. The maximum absolute atomic E-state index is 12.9. The molecule has 1 aliphatic rings. The van der Waals surface area contributed by atoms with E-state index in [1.165, 1.54) is 0 Å². The fourth-order valence-corrected chi connectivity index (χ4v) is 5.16. The zero-order valence-electron chi connectivity index (χ0n) is 17.2. The molecule has 3 aromatic rings. The first-order valence-corrected chi connectivity index (χ1v) is 11.9. The van der Waals surface area contributed by atoms with Crippen LogP contribution in [-0.4, -0.2) is 30.9 Å². The highest BCUT2D eigenvalue weighted by molar-refractivity contribution is 7.89. The van der Waals surface area contributed by atoms with E-state index >= 15 is 0 Å². The molecule has 31 heavy (non-hydrogen) atoms. The van der Waals surface area contributed by atoms with Gasteiger partial charge in [-0.05, 0) is 60.4 Å². The van der Waals surface area contributed by atoms with E-state index in [9.17, 15) is 13.5 Å². The molecule has 0 amide bonds. The Kier molecular flexibility index (Phi) is 6.44. The number of phenolic OH excluding ortho intramolecular Hbond substituents is 1. The van der Waals surface area contributed by atoms with E-state index in [0.717, 1.165) is 36.8 Å². The average molecular weight is 436 g/mol. The molecule has 1 N–H and O–H groups in total. The van der Waals surface area contributed by atoms with Crippen LogP contribution in [0.1, 0.15) is 25.7 Å². The Morgan fingerprint density at radius 3 is 2.10 bits per heavy atom. The van der Waals surface area contributed by atoms with E-state index in [2.05, 4.69) is 10.2 Å². The first-order valence-electron chi connectivity index (χ1n) is 10.4. The number of hydrogen-bond acceptors (Lipinski definition) is 5. The van der Waals surface area contributed by atoms with Crippen molar-refractivity contribution in [3.8, 4) is 16.9 Å². The largest absolute Gasteiger partial charge is 0.506 e. The molecule has 3 aromatic carbocycles. The van der Waals surface area contributed by atoms with E-state index in [1.54, 1.807) is 40.7 Å². The molecule has 1 saturated heterocycles. The second-order valence-electron chi connectivity index (χ2n) is 7.58. The topological polar surface area (TPSA) is 82.3 Å². The third-order valence-electron chi connectivity index (χ3n) is 5.40. The van der Waals surface area contributed by atoms with Crippen LogP contribution in [0.5, 0.6) is 5.75 Å². The molecule has 1 fully saturated rings. The summed E-state index contributed by atoms with van der Waals surface area (Å²) < 4.78 is 27.3. The van der Waals surface area contributed by atoms with Gasteiger partial charge >= 0.3 is 0 Å². The second kappa shape index (κ2) is 9.41. The lowest BCUT2D eigenvalue weighted by Crippen LogP contribution is -2.31. The van der Waals surface area contributed by atoms with Gasteiger partial charge in [0, 0.05) is 13.1 Å². The Hall–Kier alpha value is -3.03. The molecule has 0 saturated carbocycles. The van der Waals surface area contributed by atoms with Gasteiger partial charge < -0.3 is 5.11 Å². The molecule has 1 heterocycles. The van der Waals surface area contributed by atoms with Gasteiger partial charge in [0.2, 0.25) is 10.0 Å². The van der Waals surface area contributed by atoms with Gasteiger partial charge in [0.05, 0.1) is 10.6 Å². The number of azo groups is 1. The normalized spacial score (nSPS) is 15.7. The Morgan fingerprint density at radius 2 is 1.42 bits per heavy atom. The van der Waals surface area contributed by atoms with Crippen molar-refractivity contribution in [2.45, 2.75) is 30.6 Å². The van der Waals surface area contributed by atoms with Gasteiger partial charge in [-0.2, -0.15) is 9.42 Å². The van der Waals surface area contributed by atoms with Crippen LogP contribution in [-0.2, 0) is 10.0 Å². The summed E-state index contributed by atoms with van der Waals surface area (Å²) in [6.45, 7) is 1.14. The summed E-state index contributed by atoms with van der Waals surface area (Å²) in [5.74, 6) is 0.0313. The SMILES string of the molecule is O=S(=O)(c1ccc(N=Nc2cc(-c3ccccc3)ccc2O)cc1)N1CCCCCC1. The molecule has 4 rings (SSSR count). The second-order valence-corrected chi connectivity index (χ2v) is 9.52. The number of nitrogens with zero attached hydrogens (tertiary/aromatic N) is 3. The summed E-state index contributed by atoms with van der Waals surface area (Å²) in [5, 5.41) is 18.5. The molecule has 7 heteroatoms. The van der Waals surface area contributed by atoms with Gasteiger partial charge in [-0.15, -0.1) is 5.11 Å². The molecule has 1 aliphatic heterocycles. The lowest BCUT2D eigenvalue weighted by molar-refractivity contribution is 0.424. The number of rotatable bonds is 5. The van der Waals surface area contributed by atoms with Crippen LogP contribution in [0, 0.1) is 0 Å². The molecular formula is C24H25N3O3S. The van der Waals surface area contributed by atoms with E-state index < -0.39 is 10.0 Å². The van der Waals surface area contributed by atoms with Crippen molar-refractivity contribution in [2.24, 2.45) is 10.2 Å². The molecule has 0 bridgehead atoms. The highest BCUT2D eigenvalue weighted by Gasteiger charge is 2.24. The number of aromatic hydroxyl groups is 1. The average Bonchev–Trinajstić information content (AvgIpc) is 3.10. The van der Waals surface area contributed by atoms with Crippen molar-refractivity contribution in [3.05, 3.63) is 72.8 Å². The molecule has 0 aromatic heterocycles. The summed E-state index contributed by atoms with van der Waals surface area (Å²) in [7, 11) is -3.49. The van der Waals surface area contributed by atoms with Gasteiger partial charge in [-0.1, -0.05) is 49.2 Å². The van der Waals surface area contributed by atoms with Crippen LogP contribution in [0.3, 0.4) is 0 Å². The molecule has 0 spiro atoms. The number of benzene rings is 3. The first kappa shape index (κ1) is 21.2. The Morgan fingerprint density at radius 1 is 0.742 bits per heavy atom. The minimum Gasteiger partial charge on any atom is -0.506 e. The minimum atomic E-state index is -3.49. The maximum Gasteiger partial charge on any atom is 0.243 e. The predicted molar refractivity (Wildman–Crippen MR) is 121 cm³/mol. The molecule has 0 atom stereocenters. The van der Waals surface area contributed by atoms with Gasteiger partial charge in [0.15, 0.2) is 0 Å². The fourth-order valence-electron chi connectivity index (χ4n) is 3.64. The molecule has 160 valence electrons. The predicted octanol–water partition coefficient (Wildman–Crippen LogP) is 6.04. The number of hydrogen-bond donors (Lipinski definition) is 1. The molecule has 0 aliphatic carbocycles. The zero-order valence-corrected chi connectivity index (χ0v) is 18.0. The van der Waals surface area contributed by atoms with E-state index in [-0.39, 0.29) is 10.6 Å². The Bertz CT molecular complexity index is 1150. The summed E-state index contributed by atoms with van der Waals surface area (Å²) in [6.07, 6.45) is 3.95. The summed E-state index contributed by atoms with van der Waals surface area (Å²) >= 11 is 0. The van der Waals surface area contributed by atoms with Crippen LogP contribution >= 0.6 is 0 Å². The Balaban J connectivity index is 1.53. The highest BCUT2D eigenvalue weighted by atomic mass is 32.2. The van der Waals surface area contributed by atoms with Crippen molar-refractivity contribution in [3.63, 3.8) is 0 Å². The van der Waals surface area contributed by atoms with Crippen LogP contribution < -0.4 is 0 Å². The molecular weight excluding hydrogens is 410 g/mol. The van der Waals surface area contributed by atoms with Crippen LogP contribution in [0.25, 0.3) is 11.1 Å². The van der Waals surface area contributed by atoms with Crippen molar-refractivity contribution in [1.29, 1.82) is 0 Å². The standard InChI is InChI=1S/C24H25N3O3S/c28-24-15-10-20(19-8-4-3-5-9-19)18-23(24)26-25-21-11-13-22(14-12-21)31(29,30)27-16-6-1-2-7-17-27/h3-5,8-15,18,28H,1-2,6-7,16-17H2. The maximum atomic E-state index is 12.9. The van der Waals surface area contributed by atoms with Crippen molar-refractivity contribution < 1.29 is 13.5 Å². The first-order chi connectivity index (χ1) is 15.0. The van der Waals surface area contributed by atoms with Gasteiger partial charge in [0.25, 0.3) is 0 Å². The third-order valence-corrected chi connectivity index (χ3v) is 7.31. The fraction of sp³-hybridized carbons (Fsp3) is 0.250.